The minimum absolute atomic E-state index is 0.491. The van der Waals surface area contributed by atoms with E-state index in [0.29, 0.717) is 5.41 Å². The molecular weight excluding hydrogens is 248 g/mol. The highest BCUT2D eigenvalue weighted by Gasteiger charge is 2.52. The third kappa shape index (κ3) is 1.48. The van der Waals surface area contributed by atoms with Crippen LogP contribution in [0.3, 0.4) is 0 Å². The number of rotatable bonds is 1. The molecule has 4 aliphatic carbocycles. The van der Waals surface area contributed by atoms with Gasteiger partial charge in [-0.15, -0.1) is 11.3 Å². The average molecular weight is 267 g/mol. The molecule has 0 aromatic carbocycles. The van der Waals surface area contributed by atoms with E-state index in [1.807, 2.05) is 11.3 Å². The van der Waals surface area contributed by atoms with Crippen molar-refractivity contribution in [3.8, 4) is 0 Å². The topological polar surface area (TPSA) is 0 Å². The quantitative estimate of drug-likeness (QED) is 0.657. The Kier molecular flexibility index (Phi) is 2.25. The number of thiophene rings is 1. The molecule has 0 nitrogen and oxygen atoms in total. The normalized spacial score (nSPS) is 43.3. The highest BCUT2D eigenvalue weighted by Crippen LogP contribution is 2.62. The lowest BCUT2D eigenvalue weighted by atomic mass is 9.49. The molecule has 17 heavy (non-hydrogen) atoms. The Morgan fingerprint density at radius 2 is 1.65 bits per heavy atom. The van der Waals surface area contributed by atoms with E-state index in [4.69, 9.17) is 11.6 Å². The van der Waals surface area contributed by atoms with Crippen LogP contribution in [0, 0.1) is 24.7 Å². The van der Waals surface area contributed by atoms with Crippen molar-refractivity contribution in [2.24, 2.45) is 17.8 Å². The zero-order chi connectivity index (χ0) is 11.6. The second-order valence-corrected chi connectivity index (χ2v) is 8.02. The van der Waals surface area contributed by atoms with Gasteiger partial charge < -0.3 is 0 Å². The van der Waals surface area contributed by atoms with Gasteiger partial charge in [-0.1, -0.05) is 11.6 Å². The van der Waals surface area contributed by atoms with E-state index in [9.17, 15) is 0 Å². The standard InChI is InChI=1S/C15H19ClS/c1-9-8-17-14(13(9)16)15-5-10-2-11(6-15)4-12(3-10)7-15/h8,10-12H,2-7H2,1H3. The lowest BCUT2D eigenvalue weighted by molar-refractivity contribution is -0.00343. The van der Waals surface area contributed by atoms with Crippen molar-refractivity contribution in [3.05, 3.63) is 20.8 Å². The van der Waals surface area contributed by atoms with Crippen LogP contribution in [0.1, 0.15) is 49.0 Å². The maximum absolute atomic E-state index is 6.56. The van der Waals surface area contributed by atoms with Gasteiger partial charge in [0.15, 0.2) is 0 Å². The van der Waals surface area contributed by atoms with Crippen molar-refractivity contribution < 1.29 is 0 Å². The van der Waals surface area contributed by atoms with Gasteiger partial charge in [-0.2, -0.15) is 0 Å². The van der Waals surface area contributed by atoms with Crippen LogP contribution in [-0.2, 0) is 5.41 Å². The molecule has 0 N–H and O–H groups in total. The smallest absolute Gasteiger partial charge is 0.0579 e. The van der Waals surface area contributed by atoms with Crippen molar-refractivity contribution in [2.75, 3.05) is 0 Å². The summed E-state index contributed by atoms with van der Waals surface area (Å²) in [4.78, 5) is 1.54. The Balaban J connectivity index is 1.80. The van der Waals surface area contributed by atoms with E-state index in [-0.39, 0.29) is 0 Å². The Morgan fingerprint density at radius 3 is 2.06 bits per heavy atom. The summed E-state index contributed by atoms with van der Waals surface area (Å²) in [6.07, 6.45) is 8.83. The molecule has 4 aliphatic rings. The summed E-state index contributed by atoms with van der Waals surface area (Å²) >= 11 is 8.49. The molecule has 92 valence electrons. The van der Waals surface area contributed by atoms with Crippen LogP contribution in [0.25, 0.3) is 0 Å². The fourth-order valence-corrected chi connectivity index (χ4v) is 6.81. The van der Waals surface area contributed by atoms with Crippen LogP contribution in [0.15, 0.2) is 5.38 Å². The first-order valence-electron chi connectivity index (χ1n) is 6.90. The lowest BCUT2D eigenvalue weighted by Crippen LogP contribution is -2.48. The molecule has 0 atom stereocenters. The van der Waals surface area contributed by atoms with Crippen LogP contribution >= 0.6 is 22.9 Å². The largest absolute Gasteiger partial charge is 0.146 e. The van der Waals surface area contributed by atoms with Crippen LogP contribution in [0.5, 0.6) is 0 Å². The first-order chi connectivity index (χ1) is 8.16. The third-order valence-corrected chi connectivity index (χ3v) is 7.36. The highest BCUT2D eigenvalue weighted by atomic mass is 35.5. The minimum atomic E-state index is 0.491. The maximum Gasteiger partial charge on any atom is 0.0579 e. The van der Waals surface area contributed by atoms with Crippen molar-refractivity contribution in [2.45, 2.75) is 50.9 Å². The Bertz CT molecular complexity index is 424. The zero-order valence-corrected chi connectivity index (χ0v) is 11.9. The summed E-state index contributed by atoms with van der Waals surface area (Å²) in [5.41, 5.74) is 1.78. The average Bonchev–Trinajstić information content (AvgIpc) is 2.58. The van der Waals surface area contributed by atoms with Gasteiger partial charge in [-0.25, -0.2) is 0 Å². The van der Waals surface area contributed by atoms with E-state index in [0.717, 1.165) is 22.8 Å². The summed E-state index contributed by atoms with van der Waals surface area (Å²) in [6, 6.07) is 0. The van der Waals surface area contributed by atoms with Crippen molar-refractivity contribution in [1.82, 2.24) is 0 Å². The lowest BCUT2D eigenvalue weighted by Gasteiger charge is -2.56. The molecule has 2 heteroatoms. The molecule has 4 bridgehead atoms. The molecule has 0 unspecified atom stereocenters. The van der Waals surface area contributed by atoms with Gasteiger partial charge >= 0.3 is 0 Å². The summed E-state index contributed by atoms with van der Waals surface area (Å²) < 4.78 is 0. The minimum Gasteiger partial charge on any atom is -0.146 e. The molecule has 4 fully saturated rings. The maximum atomic E-state index is 6.56. The molecule has 1 aromatic heterocycles. The molecule has 0 saturated heterocycles. The van der Waals surface area contributed by atoms with Gasteiger partial charge in [0.05, 0.1) is 5.02 Å². The number of hydrogen-bond acceptors (Lipinski definition) is 1. The third-order valence-electron chi connectivity index (χ3n) is 5.42. The van der Waals surface area contributed by atoms with Crippen LogP contribution in [0.2, 0.25) is 5.02 Å². The predicted molar refractivity (Wildman–Crippen MR) is 73.9 cm³/mol. The van der Waals surface area contributed by atoms with E-state index < -0.39 is 0 Å². The first kappa shape index (κ1) is 10.9. The Labute approximate surface area is 112 Å². The SMILES string of the molecule is Cc1csc(C23CC4CC(CC(C4)C2)C3)c1Cl. The molecule has 5 rings (SSSR count). The van der Waals surface area contributed by atoms with E-state index in [1.54, 1.807) is 0 Å². The second-order valence-electron chi connectivity index (χ2n) is 6.76. The van der Waals surface area contributed by atoms with Gasteiger partial charge in [0, 0.05) is 10.3 Å². The van der Waals surface area contributed by atoms with Gasteiger partial charge in [0.1, 0.15) is 0 Å². The summed E-state index contributed by atoms with van der Waals surface area (Å²) in [5.74, 6) is 3.04. The van der Waals surface area contributed by atoms with Crippen LogP contribution in [0.4, 0.5) is 0 Å². The van der Waals surface area contributed by atoms with Crippen molar-refractivity contribution in [1.29, 1.82) is 0 Å². The molecule has 4 saturated carbocycles. The Morgan fingerprint density at radius 1 is 1.12 bits per heavy atom. The summed E-state index contributed by atoms with van der Waals surface area (Å²) in [7, 11) is 0. The molecule has 0 radical (unpaired) electrons. The second kappa shape index (κ2) is 3.51. The molecule has 1 aromatic rings. The van der Waals surface area contributed by atoms with Gasteiger partial charge in [-0.3, -0.25) is 0 Å². The number of aryl methyl sites for hydroxylation is 1. The van der Waals surface area contributed by atoms with E-state index in [2.05, 4.69) is 12.3 Å². The first-order valence-corrected chi connectivity index (χ1v) is 8.16. The van der Waals surface area contributed by atoms with Crippen LogP contribution < -0.4 is 0 Å². The monoisotopic (exact) mass is 266 g/mol. The summed E-state index contributed by atoms with van der Waals surface area (Å²) in [5, 5.41) is 3.35. The predicted octanol–water partition coefficient (Wildman–Crippen LogP) is 5.18. The molecule has 0 spiro atoms. The van der Waals surface area contributed by atoms with Gasteiger partial charge in [0.2, 0.25) is 0 Å². The van der Waals surface area contributed by atoms with Crippen LogP contribution in [-0.4, -0.2) is 0 Å². The zero-order valence-electron chi connectivity index (χ0n) is 10.3. The van der Waals surface area contributed by atoms with Gasteiger partial charge in [0.25, 0.3) is 0 Å². The molecule has 1 heterocycles. The molecular formula is C15H19ClS. The van der Waals surface area contributed by atoms with Crippen molar-refractivity contribution >= 4 is 22.9 Å². The fraction of sp³-hybridized carbons (Fsp3) is 0.733. The fourth-order valence-electron chi connectivity index (χ4n) is 5.18. The van der Waals surface area contributed by atoms with E-state index in [1.165, 1.54) is 49.0 Å². The highest BCUT2D eigenvalue weighted by molar-refractivity contribution is 7.11. The molecule has 0 amide bonds. The van der Waals surface area contributed by atoms with E-state index >= 15 is 0 Å². The number of halogens is 1. The van der Waals surface area contributed by atoms with Crippen molar-refractivity contribution in [3.63, 3.8) is 0 Å². The van der Waals surface area contributed by atoms with Gasteiger partial charge in [-0.05, 0) is 74.1 Å². The summed E-state index contributed by atoms with van der Waals surface area (Å²) in [6.45, 7) is 2.16. The molecule has 0 aliphatic heterocycles. The number of hydrogen-bond donors (Lipinski definition) is 0. The Hall–Kier alpha value is -0.0100.